The standard InChI is InChI=1S/C27H26N4O3S/c1-17(2)34-27(32)30-19-8-6-18(7-9-19)26-23(15-28)22-11-10-21(33-16-25-29-12-13-35-25)14-24(22)31(26)20-4-3-5-20/h6-14,17,20H,3-5,16H2,1-2H3,(H,30,32). The Balaban J connectivity index is 1.51. The molecule has 1 saturated carbocycles. The van der Waals surface area contributed by atoms with Gasteiger partial charge in [0.05, 0.1) is 22.9 Å². The van der Waals surface area contributed by atoms with Crippen molar-refractivity contribution in [3.05, 3.63) is 64.6 Å². The van der Waals surface area contributed by atoms with Gasteiger partial charge in [-0.05, 0) is 62.9 Å². The zero-order valence-corrected chi connectivity index (χ0v) is 20.5. The van der Waals surface area contributed by atoms with E-state index in [1.807, 2.05) is 47.8 Å². The third-order valence-electron chi connectivity index (χ3n) is 6.12. The van der Waals surface area contributed by atoms with Crippen LogP contribution in [0, 0.1) is 11.3 Å². The van der Waals surface area contributed by atoms with Gasteiger partial charge in [-0.25, -0.2) is 9.78 Å². The normalized spacial score (nSPS) is 13.4. The maximum Gasteiger partial charge on any atom is 0.411 e. The average Bonchev–Trinajstić information content (AvgIpc) is 3.43. The Morgan fingerprint density at radius 1 is 1.26 bits per heavy atom. The molecule has 0 atom stereocenters. The molecule has 8 heteroatoms. The van der Waals surface area contributed by atoms with Crippen molar-refractivity contribution >= 4 is 34.0 Å². The molecule has 0 bridgehead atoms. The number of ether oxygens (including phenoxy) is 2. The summed E-state index contributed by atoms with van der Waals surface area (Å²) in [5, 5.41) is 16.7. The second-order valence-corrected chi connectivity index (χ2v) is 9.82. The molecule has 2 aromatic heterocycles. The van der Waals surface area contributed by atoms with Crippen LogP contribution in [0.4, 0.5) is 10.5 Å². The van der Waals surface area contributed by atoms with Gasteiger partial charge in [0.1, 0.15) is 23.4 Å². The second-order valence-electron chi connectivity index (χ2n) is 8.84. The summed E-state index contributed by atoms with van der Waals surface area (Å²) in [6.07, 6.45) is 4.42. The van der Waals surface area contributed by atoms with Crippen LogP contribution in [0.3, 0.4) is 0 Å². The summed E-state index contributed by atoms with van der Waals surface area (Å²) in [4.78, 5) is 16.2. The van der Waals surface area contributed by atoms with Crippen LogP contribution in [0.2, 0.25) is 0 Å². The van der Waals surface area contributed by atoms with Crippen LogP contribution >= 0.6 is 11.3 Å². The fourth-order valence-electron chi connectivity index (χ4n) is 4.34. The molecule has 1 fully saturated rings. The highest BCUT2D eigenvalue weighted by Crippen LogP contribution is 2.43. The van der Waals surface area contributed by atoms with Gasteiger partial charge in [-0.1, -0.05) is 12.1 Å². The monoisotopic (exact) mass is 486 g/mol. The number of nitrogens with zero attached hydrogens (tertiary/aromatic N) is 3. The highest BCUT2D eigenvalue weighted by molar-refractivity contribution is 7.09. The number of nitrogens with one attached hydrogen (secondary N) is 1. The van der Waals surface area contributed by atoms with E-state index >= 15 is 0 Å². The zero-order valence-electron chi connectivity index (χ0n) is 19.7. The number of hydrogen-bond acceptors (Lipinski definition) is 6. The minimum absolute atomic E-state index is 0.193. The van der Waals surface area contributed by atoms with Crippen molar-refractivity contribution in [2.24, 2.45) is 0 Å². The number of rotatable bonds is 7. The van der Waals surface area contributed by atoms with E-state index in [4.69, 9.17) is 9.47 Å². The van der Waals surface area contributed by atoms with E-state index in [1.165, 1.54) is 6.42 Å². The third kappa shape index (κ3) is 4.73. The number of fused-ring (bicyclic) bond motifs is 1. The lowest BCUT2D eigenvalue weighted by molar-refractivity contribution is 0.130. The molecule has 0 spiro atoms. The summed E-state index contributed by atoms with van der Waals surface area (Å²) in [5.41, 5.74) is 4.12. The molecule has 4 aromatic rings. The van der Waals surface area contributed by atoms with E-state index in [1.54, 1.807) is 31.4 Å². The summed E-state index contributed by atoms with van der Waals surface area (Å²) < 4.78 is 13.5. The van der Waals surface area contributed by atoms with Gasteiger partial charge in [0, 0.05) is 34.8 Å². The van der Waals surface area contributed by atoms with Crippen molar-refractivity contribution < 1.29 is 14.3 Å². The van der Waals surface area contributed by atoms with Gasteiger partial charge in [0.25, 0.3) is 0 Å². The fraction of sp³-hybridized carbons (Fsp3) is 0.296. The molecule has 7 nitrogen and oxygen atoms in total. The Labute approximate surface area is 207 Å². The molecule has 2 heterocycles. The molecule has 5 rings (SSSR count). The molecule has 35 heavy (non-hydrogen) atoms. The molecule has 1 amide bonds. The number of carbonyl (C=O) groups is 1. The number of nitriles is 1. The molecule has 0 saturated heterocycles. The third-order valence-corrected chi connectivity index (χ3v) is 6.87. The fourth-order valence-corrected chi connectivity index (χ4v) is 4.87. The van der Waals surface area contributed by atoms with Gasteiger partial charge in [-0.15, -0.1) is 11.3 Å². The maximum absolute atomic E-state index is 12.0. The van der Waals surface area contributed by atoms with Crippen LogP contribution in [0.5, 0.6) is 5.75 Å². The van der Waals surface area contributed by atoms with Gasteiger partial charge in [0.2, 0.25) is 0 Å². The molecule has 1 aliphatic rings. The number of benzene rings is 2. The summed E-state index contributed by atoms with van der Waals surface area (Å²) in [5.74, 6) is 0.755. The predicted molar refractivity (Wildman–Crippen MR) is 137 cm³/mol. The van der Waals surface area contributed by atoms with E-state index in [0.717, 1.165) is 45.8 Å². The van der Waals surface area contributed by atoms with Crippen LogP contribution in [0.15, 0.2) is 54.0 Å². The molecule has 2 aromatic carbocycles. The smallest absolute Gasteiger partial charge is 0.411 e. The number of amides is 1. The predicted octanol–water partition coefficient (Wildman–Crippen LogP) is 6.90. The van der Waals surface area contributed by atoms with Crippen molar-refractivity contribution in [2.75, 3.05) is 5.32 Å². The van der Waals surface area contributed by atoms with E-state index in [9.17, 15) is 10.1 Å². The lowest BCUT2D eigenvalue weighted by Gasteiger charge is -2.30. The zero-order chi connectivity index (χ0) is 24.4. The Hall–Kier alpha value is -3.83. The van der Waals surface area contributed by atoms with E-state index < -0.39 is 6.09 Å². The highest BCUT2D eigenvalue weighted by Gasteiger charge is 2.28. The Morgan fingerprint density at radius 2 is 2.06 bits per heavy atom. The molecule has 0 aliphatic heterocycles. The summed E-state index contributed by atoms with van der Waals surface area (Å²) in [6.45, 7) is 4.03. The molecule has 0 radical (unpaired) electrons. The van der Waals surface area contributed by atoms with Crippen molar-refractivity contribution in [1.82, 2.24) is 9.55 Å². The minimum atomic E-state index is -0.487. The molecule has 178 valence electrons. The number of thiazole rings is 1. The molecule has 0 unspecified atom stereocenters. The lowest BCUT2D eigenvalue weighted by Crippen LogP contribution is -2.18. The maximum atomic E-state index is 12.0. The largest absolute Gasteiger partial charge is 0.486 e. The van der Waals surface area contributed by atoms with Crippen LogP contribution in [0.25, 0.3) is 22.2 Å². The second kappa shape index (κ2) is 9.80. The first-order valence-corrected chi connectivity index (χ1v) is 12.6. The van der Waals surface area contributed by atoms with Crippen LogP contribution < -0.4 is 10.1 Å². The molecular weight excluding hydrogens is 460 g/mol. The van der Waals surface area contributed by atoms with Gasteiger partial charge in [-0.2, -0.15) is 5.26 Å². The molecule has 1 N–H and O–H groups in total. The average molecular weight is 487 g/mol. The first-order chi connectivity index (χ1) is 17.0. The molecular formula is C27H26N4O3S. The van der Waals surface area contributed by atoms with E-state index in [-0.39, 0.29) is 6.10 Å². The van der Waals surface area contributed by atoms with Gasteiger partial charge in [0.15, 0.2) is 0 Å². The number of hydrogen-bond donors (Lipinski definition) is 1. The topological polar surface area (TPSA) is 89.2 Å². The van der Waals surface area contributed by atoms with Crippen molar-refractivity contribution in [2.45, 2.75) is 51.9 Å². The summed E-state index contributed by atoms with van der Waals surface area (Å²) in [7, 11) is 0. The number of anilines is 1. The van der Waals surface area contributed by atoms with E-state index in [0.29, 0.717) is 23.9 Å². The Morgan fingerprint density at radius 3 is 2.69 bits per heavy atom. The van der Waals surface area contributed by atoms with Crippen LogP contribution in [-0.2, 0) is 11.3 Å². The first kappa shape index (κ1) is 22.9. The van der Waals surface area contributed by atoms with Crippen molar-refractivity contribution in [3.8, 4) is 23.1 Å². The number of carbonyl (C=O) groups excluding carboxylic acids is 1. The SMILES string of the molecule is CC(C)OC(=O)Nc1ccc(-c2c(C#N)c3ccc(OCc4nccs4)cc3n2C2CCC2)cc1. The quantitative estimate of drug-likeness (QED) is 0.307. The summed E-state index contributed by atoms with van der Waals surface area (Å²) >= 11 is 1.56. The Kier molecular flexibility index (Phi) is 6.43. The summed E-state index contributed by atoms with van der Waals surface area (Å²) in [6, 6.07) is 16.3. The Bertz CT molecular complexity index is 1380. The molecule has 1 aliphatic carbocycles. The minimum Gasteiger partial charge on any atom is -0.486 e. The van der Waals surface area contributed by atoms with Crippen LogP contribution in [-0.4, -0.2) is 21.7 Å². The van der Waals surface area contributed by atoms with Gasteiger partial charge in [-0.3, -0.25) is 5.32 Å². The highest BCUT2D eigenvalue weighted by atomic mass is 32.1. The van der Waals surface area contributed by atoms with Crippen molar-refractivity contribution in [1.29, 1.82) is 5.26 Å². The van der Waals surface area contributed by atoms with Gasteiger partial charge < -0.3 is 14.0 Å². The van der Waals surface area contributed by atoms with Gasteiger partial charge >= 0.3 is 6.09 Å². The van der Waals surface area contributed by atoms with E-state index in [2.05, 4.69) is 20.9 Å². The number of aromatic nitrogens is 2. The van der Waals surface area contributed by atoms with Crippen molar-refractivity contribution in [3.63, 3.8) is 0 Å². The first-order valence-electron chi connectivity index (χ1n) is 11.7. The van der Waals surface area contributed by atoms with Crippen LogP contribution in [0.1, 0.15) is 49.7 Å². The lowest BCUT2D eigenvalue weighted by atomic mass is 9.92.